The predicted octanol–water partition coefficient (Wildman–Crippen LogP) is 1.09. The maximum atomic E-state index is 12.7. The third-order valence-electron chi connectivity index (χ3n) is 4.91. The van der Waals surface area contributed by atoms with Crippen molar-refractivity contribution in [2.24, 2.45) is 0 Å². The molecule has 0 aromatic heterocycles. The van der Waals surface area contributed by atoms with Crippen LogP contribution < -0.4 is 0 Å². The average molecular weight is 330 g/mol. The summed E-state index contributed by atoms with van der Waals surface area (Å²) in [6.45, 7) is 0.556. The molecule has 8 heteroatoms. The Morgan fingerprint density at radius 3 is 2.14 bits per heavy atom. The molecule has 2 saturated heterocycles. The van der Waals surface area contributed by atoms with E-state index in [1.807, 2.05) is 0 Å². The van der Waals surface area contributed by atoms with Gasteiger partial charge in [0.25, 0.3) is 5.91 Å². The average Bonchev–Trinajstić information content (AvgIpc) is 2.87. The molecule has 124 valence electrons. The lowest BCUT2D eigenvalue weighted by atomic mass is 10.0. The molecule has 2 heterocycles. The van der Waals surface area contributed by atoms with Crippen molar-refractivity contribution in [2.45, 2.75) is 56.2 Å². The molecular weight excluding hydrogens is 308 g/mol. The zero-order chi connectivity index (χ0) is 15.7. The Hall–Kier alpha value is -1.15. The number of hydrogen-bond donors (Lipinski definition) is 0. The minimum absolute atomic E-state index is 0.195. The Bertz CT molecular complexity index is 532. The van der Waals surface area contributed by atoms with E-state index in [2.05, 4.69) is 0 Å². The van der Waals surface area contributed by atoms with Gasteiger partial charge in [-0.15, -0.1) is 0 Å². The maximum absolute atomic E-state index is 12.7. The van der Waals surface area contributed by atoms with E-state index in [1.54, 1.807) is 4.31 Å². The van der Waals surface area contributed by atoms with Gasteiger partial charge in [-0.05, 0) is 25.7 Å². The van der Waals surface area contributed by atoms with E-state index < -0.39 is 16.1 Å². The highest BCUT2D eigenvalue weighted by Gasteiger charge is 2.41. The van der Waals surface area contributed by atoms with E-state index in [9.17, 15) is 18.0 Å². The normalized spacial score (nSPS) is 26.5. The molecule has 1 saturated carbocycles. The number of rotatable bonds is 3. The minimum atomic E-state index is -3.25. The Balaban J connectivity index is 1.61. The molecule has 7 nitrogen and oxygen atoms in total. The molecular formula is C14H22N2O5S. The summed E-state index contributed by atoms with van der Waals surface area (Å²) >= 11 is 0. The second-order valence-electron chi connectivity index (χ2n) is 6.25. The van der Waals surface area contributed by atoms with Crippen molar-refractivity contribution in [3.63, 3.8) is 0 Å². The number of sulfonamides is 1. The van der Waals surface area contributed by atoms with Gasteiger partial charge in [-0.1, -0.05) is 19.3 Å². The largest absolute Gasteiger partial charge is 0.439 e. The van der Waals surface area contributed by atoms with Gasteiger partial charge in [0.1, 0.15) is 0 Å². The van der Waals surface area contributed by atoms with Crippen LogP contribution in [0, 0.1) is 0 Å². The maximum Gasteiger partial charge on any atom is 0.417 e. The first-order valence-electron chi connectivity index (χ1n) is 7.98. The highest BCUT2D eigenvalue weighted by molar-refractivity contribution is 7.89. The molecule has 3 aliphatic rings. The quantitative estimate of drug-likeness (QED) is 0.773. The van der Waals surface area contributed by atoms with E-state index in [0.717, 1.165) is 37.0 Å². The fourth-order valence-electron chi connectivity index (χ4n) is 3.65. The van der Waals surface area contributed by atoms with Gasteiger partial charge in [0.2, 0.25) is 10.0 Å². The molecule has 2 amide bonds. The number of nitrogens with zero attached hydrogens (tertiary/aromatic N) is 2. The van der Waals surface area contributed by atoms with Crippen LogP contribution in [0.15, 0.2) is 0 Å². The second kappa shape index (κ2) is 6.16. The highest BCUT2D eigenvalue weighted by atomic mass is 32.2. The van der Waals surface area contributed by atoms with Crippen molar-refractivity contribution >= 4 is 22.0 Å². The Labute approximate surface area is 130 Å². The lowest BCUT2D eigenvalue weighted by Crippen LogP contribution is -2.50. The second-order valence-corrected chi connectivity index (χ2v) is 8.47. The van der Waals surface area contributed by atoms with Gasteiger partial charge < -0.3 is 4.74 Å². The first kappa shape index (κ1) is 15.7. The number of piperidine rings is 1. The molecule has 3 rings (SSSR count). The Morgan fingerprint density at radius 2 is 1.59 bits per heavy atom. The fraction of sp³-hybridized carbons (Fsp3) is 0.857. The smallest absolute Gasteiger partial charge is 0.417 e. The first-order valence-corrected chi connectivity index (χ1v) is 9.48. The summed E-state index contributed by atoms with van der Waals surface area (Å²) < 4.78 is 31.6. The fourth-order valence-corrected chi connectivity index (χ4v) is 5.72. The van der Waals surface area contributed by atoms with Gasteiger partial charge in [0.15, 0.2) is 6.61 Å². The van der Waals surface area contributed by atoms with Gasteiger partial charge in [0, 0.05) is 19.1 Å². The molecule has 0 atom stereocenters. The SMILES string of the molecule is O=C1COC(=O)N1C1CCN(S(=O)(=O)C2CCCCC2)CC1. The standard InChI is InChI=1S/C14H22N2O5S/c17-13-10-21-14(18)16(13)11-6-8-15(9-7-11)22(19,20)12-4-2-1-3-5-12/h11-12H,1-10H2. The number of carbonyl (C=O) groups excluding carboxylic acids is 2. The van der Waals surface area contributed by atoms with Crippen molar-refractivity contribution in [1.29, 1.82) is 0 Å². The summed E-state index contributed by atoms with van der Waals surface area (Å²) in [6, 6.07) is -0.236. The van der Waals surface area contributed by atoms with Crippen LogP contribution in [0.25, 0.3) is 0 Å². The summed E-state index contributed by atoms with van der Waals surface area (Å²) in [5.41, 5.74) is 0. The van der Waals surface area contributed by atoms with Crippen molar-refractivity contribution in [2.75, 3.05) is 19.7 Å². The van der Waals surface area contributed by atoms with E-state index >= 15 is 0 Å². The van der Waals surface area contributed by atoms with Crippen LogP contribution in [-0.4, -0.2) is 60.6 Å². The molecule has 0 radical (unpaired) electrons. The molecule has 22 heavy (non-hydrogen) atoms. The summed E-state index contributed by atoms with van der Waals surface area (Å²) in [7, 11) is -3.25. The number of imide groups is 1. The number of hydrogen-bond acceptors (Lipinski definition) is 5. The van der Waals surface area contributed by atoms with Crippen LogP contribution in [0.3, 0.4) is 0 Å². The van der Waals surface area contributed by atoms with Crippen LogP contribution in [0.1, 0.15) is 44.9 Å². The van der Waals surface area contributed by atoms with Crippen molar-refractivity contribution < 1.29 is 22.7 Å². The van der Waals surface area contributed by atoms with Gasteiger partial charge in [-0.3, -0.25) is 4.79 Å². The predicted molar refractivity (Wildman–Crippen MR) is 78.6 cm³/mol. The summed E-state index contributed by atoms with van der Waals surface area (Å²) in [4.78, 5) is 24.4. The van der Waals surface area contributed by atoms with E-state index in [4.69, 9.17) is 4.74 Å². The van der Waals surface area contributed by atoms with Crippen LogP contribution in [0.4, 0.5) is 4.79 Å². The molecule has 3 fully saturated rings. The molecule has 0 unspecified atom stereocenters. The number of carbonyl (C=O) groups is 2. The molecule has 0 N–H and O–H groups in total. The van der Waals surface area contributed by atoms with Crippen LogP contribution >= 0.6 is 0 Å². The van der Waals surface area contributed by atoms with Gasteiger partial charge in [-0.2, -0.15) is 0 Å². The van der Waals surface area contributed by atoms with Gasteiger partial charge >= 0.3 is 6.09 Å². The molecule has 1 aliphatic carbocycles. The van der Waals surface area contributed by atoms with Crippen molar-refractivity contribution in [1.82, 2.24) is 9.21 Å². The lowest BCUT2D eigenvalue weighted by Gasteiger charge is -2.36. The monoisotopic (exact) mass is 330 g/mol. The van der Waals surface area contributed by atoms with Crippen molar-refractivity contribution in [3.8, 4) is 0 Å². The first-order chi connectivity index (χ1) is 10.5. The van der Waals surface area contributed by atoms with E-state index in [-0.39, 0.29) is 23.8 Å². The number of amides is 2. The zero-order valence-corrected chi connectivity index (χ0v) is 13.4. The highest BCUT2D eigenvalue weighted by Crippen LogP contribution is 2.29. The summed E-state index contributed by atoms with van der Waals surface area (Å²) in [6.07, 6.45) is 4.97. The molecule has 0 aromatic carbocycles. The zero-order valence-electron chi connectivity index (χ0n) is 12.6. The third kappa shape index (κ3) is 2.86. The topological polar surface area (TPSA) is 84.0 Å². The number of cyclic esters (lactones) is 1. The third-order valence-corrected chi connectivity index (χ3v) is 7.31. The molecule has 0 bridgehead atoms. The minimum Gasteiger partial charge on any atom is -0.439 e. The van der Waals surface area contributed by atoms with E-state index in [0.29, 0.717) is 25.9 Å². The van der Waals surface area contributed by atoms with Crippen molar-refractivity contribution in [3.05, 3.63) is 0 Å². The summed E-state index contributed by atoms with van der Waals surface area (Å²) in [5, 5.41) is -0.254. The Morgan fingerprint density at radius 1 is 0.955 bits per heavy atom. The van der Waals surface area contributed by atoms with Gasteiger partial charge in [0.05, 0.1) is 5.25 Å². The lowest BCUT2D eigenvalue weighted by molar-refractivity contribution is -0.127. The molecule has 0 spiro atoms. The summed E-state index contributed by atoms with van der Waals surface area (Å²) in [5.74, 6) is -0.321. The van der Waals surface area contributed by atoms with E-state index in [1.165, 1.54) is 0 Å². The molecule has 0 aromatic rings. The Kier molecular flexibility index (Phi) is 4.40. The van der Waals surface area contributed by atoms with Gasteiger partial charge in [-0.25, -0.2) is 22.4 Å². The van der Waals surface area contributed by atoms with Crippen LogP contribution in [-0.2, 0) is 19.6 Å². The van der Waals surface area contributed by atoms with Crippen LogP contribution in [0.2, 0.25) is 0 Å². The number of ether oxygens (including phenoxy) is 1. The van der Waals surface area contributed by atoms with Crippen LogP contribution in [0.5, 0.6) is 0 Å². The molecule has 2 aliphatic heterocycles.